The van der Waals surface area contributed by atoms with Gasteiger partial charge in [0.1, 0.15) is 0 Å². The Kier molecular flexibility index (Phi) is 4.18. The van der Waals surface area contributed by atoms with E-state index >= 15 is 0 Å². The van der Waals surface area contributed by atoms with E-state index in [0.717, 1.165) is 32.8 Å². The van der Waals surface area contributed by atoms with Gasteiger partial charge in [-0.05, 0) is 12.3 Å². The van der Waals surface area contributed by atoms with Crippen LogP contribution >= 0.6 is 0 Å². The number of likely N-dealkylation sites (tertiary alicyclic amines) is 1. The van der Waals surface area contributed by atoms with Crippen LogP contribution in [0.1, 0.15) is 26.2 Å². The quantitative estimate of drug-likeness (QED) is 0.767. The van der Waals surface area contributed by atoms with Crippen molar-refractivity contribution in [3.8, 4) is 0 Å². The maximum Gasteiger partial charge on any atom is 0.225 e. The summed E-state index contributed by atoms with van der Waals surface area (Å²) in [5.74, 6) is 0.985. The first-order chi connectivity index (χ1) is 7.79. The highest BCUT2D eigenvalue weighted by atomic mass is 16.5. The van der Waals surface area contributed by atoms with Crippen LogP contribution in [0.15, 0.2) is 0 Å². The first-order valence-electron chi connectivity index (χ1n) is 6.39. The summed E-state index contributed by atoms with van der Waals surface area (Å²) in [4.78, 5) is 14.0. The fourth-order valence-corrected chi connectivity index (χ4v) is 2.47. The molecule has 2 saturated heterocycles. The predicted octanol–water partition coefficient (Wildman–Crippen LogP) is 0.623. The van der Waals surface area contributed by atoms with Crippen molar-refractivity contribution in [1.29, 1.82) is 0 Å². The number of rotatable bonds is 3. The van der Waals surface area contributed by atoms with Gasteiger partial charge in [0.05, 0.1) is 19.1 Å². The van der Waals surface area contributed by atoms with Gasteiger partial charge in [0.25, 0.3) is 0 Å². The van der Waals surface area contributed by atoms with E-state index in [1.807, 2.05) is 4.90 Å². The number of carbonyl (C=O) groups excluding carboxylic acids is 1. The largest absolute Gasteiger partial charge is 0.375 e. The minimum Gasteiger partial charge on any atom is -0.375 e. The molecule has 2 rings (SSSR count). The highest BCUT2D eigenvalue weighted by molar-refractivity contribution is 5.77. The Morgan fingerprint density at radius 2 is 2.44 bits per heavy atom. The Hall–Kier alpha value is -0.610. The molecule has 0 saturated carbocycles. The van der Waals surface area contributed by atoms with Crippen LogP contribution in [0, 0.1) is 5.92 Å². The van der Waals surface area contributed by atoms with Crippen molar-refractivity contribution < 1.29 is 9.53 Å². The molecule has 2 unspecified atom stereocenters. The molecule has 2 aliphatic rings. The Balaban J connectivity index is 1.75. The second kappa shape index (κ2) is 5.64. The van der Waals surface area contributed by atoms with Crippen molar-refractivity contribution in [3.05, 3.63) is 0 Å². The lowest BCUT2D eigenvalue weighted by Gasteiger charge is -2.25. The second-order valence-electron chi connectivity index (χ2n) is 4.80. The number of carbonyl (C=O) groups is 1. The van der Waals surface area contributed by atoms with Crippen LogP contribution in [0.3, 0.4) is 0 Å². The minimum atomic E-state index is 0.0851. The molecule has 1 amide bonds. The molecule has 92 valence electrons. The van der Waals surface area contributed by atoms with Crippen molar-refractivity contribution >= 4 is 5.91 Å². The average molecular weight is 226 g/mol. The molecule has 2 heterocycles. The predicted molar refractivity (Wildman–Crippen MR) is 62.2 cm³/mol. The summed E-state index contributed by atoms with van der Waals surface area (Å²) in [6.45, 7) is 6.55. The topological polar surface area (TPSA) is 41.6 Å². The van der Waals surface area contributed by atoms with Crippen molar-refractivity contribution in [2.24, 2.45) is 5.92 Å². The lowest BCUT2D eigenvalue weighted by atomic mass is 10.1. The minimum absolute atomic E-state index is 0.0851. The molecule has 2 atom stereocenters. The average Bonchev–Trinajstić information content (AvgIpc) is 2.79. The summed E-state index contributed by atoms with van der Waals surface area (Å²) < 4.78 is 5.55. The third-order valence-corrected chi connectivity index (χ3v) is 3.62. The molecule has 0 radical (unpaired) electrons. The highest BCUT2D eigenvalue weighted by Crippen LogP contribution is 2.20. The Bertz CT molecular complexity index is 239. The van der Waals surface area contributed by atoms with Crippen molar-refractivity contribution in [3.63, 3.8) is 0 Å². The van der Waals surface area contributed by atoms with Gasteiger partial charge in [-0.2, -0.15) is 0 Å². The summed E-state index contributed by atoms with van der Waals surface area (Å²) in [5, 5.41) is 3.25. The molecular weight excluding hydrogens is 204 g/mol. The molecule has 16 heavy (non-hydrogen) atoms. The first kappa shape index (κ1) is 11.9. The summed E-state index contributed by atoms with van der Waals surface area (Å²) in [5.41, 5.74) is 0. The van der Waals surface area contributed by atoms with Crippen LogP contribution in [0.25, 0.3) is 0 Å². The van der Waals surface area contributed by atoms with E-state index in [-0.39, 0.29) is 12.0 Å². The smallest absolute Gasteiger partial charge is 0.225 e. The van der Waals surface area contributed by atoms with Crippen molar-refractivity contribution in [2.75, 3.05) is 32.8 Å². The zero-order valence-electron chi connectivity index (χ0n) is 10.1. The third-order valence-electron chi connectivity index (χ3n) is 3.62. The Morgan fingerprint density at radius 3 is 3.06 bits per heavy atom. The van der Waals surface area contributed by atoms with Crippen LogP contribution in [0.2, 0.25) is 0 Å². The number of ether oxygens (including phenoxy) is 1. The van der Waals surface area contributed by atoms with E-state index in [4.69, 9.17) is 4.74 Å². The van der Waals surface area contributed by atoms with Crippen LogP contribution in [-0.2, 0) is 9.53 Å². The Morgan fingerprint density at radius 1 is 1.56 bits per heavy atom. The van der Waals surface area contributed by atoms with Gasteiger partial charge in [0.15, 0.2) is 0 Å². The fourth-order valence-electron chi connectivity index (χ4n) is 2.47. The zero-order chi connectivity index (χ0) is 11.4. The second-order valence-corrected chi connectivity index (χ2v) is 4.80. The van der Waals surface area contributed by atoms with E-state index < -0.39 is 0 Å². The lowest BCUT2D eigenvalue weighted by Crippen LogP contribution is -2.42. The number of hydrogen-bond donors (Lipinski definition) is 1. The SMILES string of the molecule is CCC1CCN(C(=O)CC2CNCCO2)C1. The molecule has 4 heteroatoms. The lowest BCUT2D eigenvalue weighted by molar-refractivity contribution is -0.133. The van der Waals surface area contributed by atoms with Crippen LogP contribution < -0.4 is 5.32 Å². The van der Waals surface area contributed by atoms with Crippen molar-refractivity contribution in [2.45, 2.75) is 32.3 Å². The molecule has 0 bridgehead atoms. The summed E-state index contributed by atoms with van der Waals surface area (Å²) in [6.07, 6.45) is 2.99. The van der Waals surface area contributed by atoms with Crippen molar-refractivity contribution in [1.82, 2.24) is 10.2 Å². The van der Waals surface area contributed by atoms with Gasteiger partial charge in [-0.15, -0.1) is 0 Å². The molecule has 4 nitrogen and oxygen atoms in total. The van der Waals surface area contributed by atoms with Gasteiger partial charge in [-0.25, -0.2) is 0 Å². The number of morpholine rings is 1. The van der Waals surface area contributed by atoms with Gasteiger partial charge in [0, 0.05) is 26.2 Å². The third kappa shape index (κ3) is 2.95. The van der Waals surface area contributed by atoms with Crippen LogP contribution in [0.4, 0.5) is 0 Å². The molecule has 0 aromatic heterocycles. The summed E-state index contributed by atoms with van der Waals surface area (Å²) >= 11 is 0. The summed E-state index contributed by atoms with van der Waals surface area (Å²) in [6, 6.07) is 0. The number of nitrogens with one attached hydrogen (secondary N) is 1. The molecule has 2 fully saturated rings. The van der Waals surface area contributed by atoms with Crippen LogP contribution in [-0.4, -0.2) is 49.7 Å². The van der Waals surface area contributed by atoms with E-state index in [1.54, 1.807) is 0 Å². The van der Waals surface area contributed by atoms with Gasteiger partial charge < -0.3 is 15.0 Å². The van der Waals surface area contributed by atoms with Gasteiger partial charge in [0.2, 0.25) is 5.91 Å². The highest BCUT2D eigenvalue weighted by Gasteiger charge is 2.27. The number of nitrogens with zero attached hydrogens (tertiary/aromatic N) is 1. The fraction of sp³-hybridized carbons (Fsp3) is 0.917. The van der Waals surface area contributed by atoms with Gasteiger partial charge >= 0.3 is 0 Å². The monoisotopic (exact) mass is 226 g/mol. The van der Waals surface area contributed by atoms with Gasteiger partial charge in [-0.1, -0.05) is 13.3 Å². The first-order valence-corrected chi connectivity index (χ1v) is 6.39. The Labute approximate surface area is 97.3 Å². The van der Waals surface area contributed by atoms with E-state index in [1.165, 1.54) is 12.8 Å². The molecule has 0 spiro atoms. The van der Waals surface area contributed by atoms with E-state index in [2.05, 4.69) is 12.2 Å². The van der Waals surface area contributed by atoms with Crippen LogP contribution in [0.5, 0.6) is 0 Å². The zero-order valence-corrected chi connectivity index (χ0v) is 10.1. The molecule has 0 aromatic carbocycles. The van der Waals surface area contributed by atoms with E-state index in [9.17, 15) is 4.79 Å². The van der Waals surface area contributed by atoms with E-state index in [0.29, 0.717) is 12.3 Å². The number of amides is 1. The maximum atomic E-state index is 12.0. The molecule has 2 aliphatic heterocycles. The normalized spacial score (nSPS) is 30.7. The molecular formula is C12H22N2O2. The van der Waals surface area contributed by atoms with Gasteiger partial charge in [-0.3, -0.25) is 4.79 Å². The summed E-state index contributed by atoms with van der Waals surface area (Å²) in [7, 11) is 0. The standard InChI is InChI=1S/C12H22N2O2/c1-2-10-3-5-14(9-10)12(15)7-11-8-13-4-6-16-11/h10-11,13H,2-9H2,1H3. The maximum absolute atomic E-state index is 12.0. The molecule has 0 aliphatic carbocycles. The molecule has 0 aromatic rings. The number of hydrogen-bond acceptors (Lipinski definition) is 3. The molecule has 1 N–H and O–H groups in total.